The number of rotatable bonds is 25. The summed E-state index contributed by atoms with van der Waals surface area (Å²) < 4.78 is 30.5. The Kier molecular flexibility index (Phi) is 17.3. The molecule has 10 nitrogen and oxygen atoms in total. The lowest BCUT2D eigenvalue weighted by Gasteiger charge is -2.17. The summed E-state index contributed by atoms with van der Waals surface area (Å²) in [6.45, 7) is 11.0. The molecule has 0 radical (unpaired) electrons. The largest absolute Gasteiger partial charge is 0.382 e. The zero-order valence-electron chi connectivity index (χ0n) is 26.1. The highest BCUT2D eigenvalue weighted by atomic mass is 31.2. The number of ether oxygens (including phenoxy) is 2. The predicted octanol–water partition coefficient (Wildman–Crippen LogP) is 7.40. The molecule has 0 aliphatic rings. The highest BCUT2D eigenvalue weighted by Gasteiger charge is 2.21. The van der Waals surface area contributed by atoms with Gasteiger partial charge in [-0.05, 0) is 19.8 Å². The van der Waals surface area contributed by atoms with Crippen molar-refractivity contribution >= 4 is 32.7 Å². The predicted molar refractivity (Wildman–Crippen MR) is 170 cm³/mol. The van der Waals surface area contributed by atoms with Crippen LogP contribution in [0.25, 0.3) is 11.2 Å². The number of nitrogens with zero attached hydrogens (tertiary/aromatic N) is 4. The normalized spacial score (nSPS) is 14.5. The summed E-state index contributed by atoms with van der Waals surface area (Å²) in [7, 11) is -4.67. The number of aromatic nitrogens is 4. The Balaban J connectivity index is 1.36. The van der Waals surface area contributed by atoms with E-state index in [1.807, 2.05) is 6.92 Å². The van der Waals surface area contributed by atoms with Crippen molar-refractivity contribution in [1.82, 2.24) is 19.5 Å². The molecule has 0 saturated carbocycles. The molecule has 0 spiro atoms. The second kappa shape index (κ2) is 19.8. The first-order valence-corrected chi connectivity index (χ1v) is 21.1. The molecule has 2 heterocycles. The van der Waals surface area contributed by atoms with Gasteiger partial charge in [0.2, 0.25) is 0 Å². The number of hydrogen-bond acceptors (Lipinski definition) is 8. The summed E-state index contributed by atoms with van der Waals surface area (Å²) in [5.74, 6) is 0.310. The van der Waals surface area contributed by atoms with Gasteiger partial charge < -0.3 is 29.2 Å². The van der Waals surface area contributed by atoms with Crippen LogP contribution in [-0.2, 0) is 25.1 Å². The number of fused-ring (bicyclic) bond motifs is 1. The van der Waals surface area contributed by atoms with E-state index in [-0.39, 0.29) is 19.1 Å². The van der Waals surface area contributed by atoms with Crippen LogP contribution >= 0.6 is 7.60 Å². The number of hydrogen-bond donors (Lipinski definition) is 2. The Bertz CT molecular complexity index is 1020. The Morgan fingerprint density at radius 3 is 2.10 bits per heavy atom. The van der Waals surface area contributed by atoms with Crippen molar-refractivity contribution in [3.05, 3.63) is 12.7 Å². The summed E-state index contributed by atoms with van der Waals surface area (Å²) in [5, 5.41) is 0. The van der Waals surface area contributed by atoms with E-state index in [1.165, 1.54) is 83.0 Å². The number of unbranched alkanes of at least 4 members (excludes halogenated alkanes) is 11. The molecule has 41 heavy (non-hydrogen) atoms. The van der Waals surface area contributed by atoms with Gasteiger partial charge in [-0.25, -0.2) is 15.0 Å². The first kappa shape index (κ1) is 35.8. The number of nitrogens with two attached hydrogens (primary N) is 1. The average molecular weight is 614 g/mol. The molecule has 2 atom stereocenters. The van der Waals surface area contributed by atoms with E-state index < -0.39 is 15.7 Å². The maximum atomic E-state index is 12.3. The van der Waals surface area contributed by atoms with Crippen LogP contribution in [0.2, 0.25) is 25.7 Å². The Labute approximate surface area is 248 Å². The molecule has 236 valence electrons. The second-order valence-corrected chi connectivity index (χ2v) is 19.8. The Morgan fingerprint density at radius 1 is 0.878 bits per heavy atom. The van der Waals surface area contributed by atoms with E-state index in [1.54, 1.807) is 10.9 Å². The maximum Gasteiger partial charge on any atom is 0.353 e. The SMILES string of the molecule is C[C@H](Cn1cnc2c(N)ncnc21)OCP(=O)(O)OCCCOCCCCCCCCCCCCCC[Si](C)(C)C. The van der Waals surface area contributed by atoms with Crippen molar-refractivity contribution < 1.29 is 23.5 Å². The molecule has 0 fully saturated rings. The molecule has 2 aromatic heterocycles. The van der Waals surface area contributed by atoms with Crippen molar-refractivity contribution in [3.8, 4) is 0 Å². The Hall–Kier alpha value is -1.36. The van der Waals surface area contributed by atoms with E-state index in [9.17, 15) is 9.46 Å². The minimum absolute atomic E-state index is 0.159. The third-order valence-electron chi connectivity index (χ3n) is 7.10. The molecule has 1 unspecified atom stereocenters. The maximum absolute atomic E-state index is 12.3. The van der Waals surface area contributed by atoms with Gasteiger partial charge in [-0.15, -0.1) is 0 Å². The molecule has 2 rings (SSSR count). The second-order valence-electron chi connectivity index (χ2n) is 12.4. The van der Waals surface area contributed by atoms with Gasteiger partial charge in [0.15, 0.2) is 11.5 Å². The fraction of sp³-hybridized carbons (Fsp3) is 0.828. The zero-order chi connectivity index (χ0) is 30.0. The van der Waals surface area contributed by atoms with Gasteiger partial charge in [-0.3, -0.25) is 4.57 Å². The van der Waals surface area contributed by atoms with Crippen molar-refractivity contribution in [3.63, 3.8) is 0 Å². The van der Waals surface area contributed by atoms with Crippen molar-refractivity contribution in [2.75, 3.05) is 31.9 Å². The van der Waals surface area contributed by atoms with Crippen LogP contribution in [0.15, 0.2) is 12.7 Å². The fourth-order valence-electron chi connectivity index (χ4n) is 4.72. The monoisotopic (exact) mass is 613 g/mol. The van der Waals surface area contributed by atoms with Gasteiger partial charge in [0.05, 0.1) is 25.6 Å². The van der Waals surface area contributed by atoms with Crippen molar-refractivity contribution in [1.29, 1.82) is 0 Å². The quantitative estimate of drug-likeness (QED) is 0.0667. The zero-order valence-corrected chi connectivity index (χ0v) is 28.0. The summed E-state index contributed by atoms with van der Waals surface area (Å²) in [5.41, 5.74) is 6.92. The molecule has 12 heteroatoms. The third kappa shape index (κ3) is 16.8. The molecule has 0 aromatic carbocycles. The smallest absolute Gasteiger partial charge is 0.353 e. The van der Waals surface area contributed by atoms with Crippen molar-refractivity contribution in [2.24, 2.45) is 0 Å². The minimum Gasteiger partial charge on any atom is -0.382 e. The van der Waals surface area contributed by atoms with Crippen molar-refractivity contribution in [2.45, 2.75) is 129 Å². The highest BCUT2D eigenvalue weighted by molar-refractivity contribution is 7.52. The van der Waals surface area contributed by atoms with Crippen LogP contribution in [0.3, 0.4) is 0 Å². The number of anilines is 1. The van der Waals surface area contributed by atoms with Crippen LogP contribution < -0.4 is 5.73 Å². The van der Waals surface area contributed by atoms with Gasteiger partial charge in [-0.1, -0.05) is 96.3 Å². The number of nitrogen functional groups attached to an aromatic ring is 1. The topological polar surface area (TPSA) is 135 Å². The fourth-order valence-corrected chi connectivity index (χ4v) is 6.96. The van der Waals surface area contributed by atoms with Gasteiger partial charge in [0, 0.05) is 21.3 Å². The molecule has 0 aliphatic heterocycles. The summed E-state index contributed by atoms with van der Waals surface area (Å²) in [6, 6.07) is 1.48. The molecule has 0 amide bonds. The standard InChI is InChI=1S/C29H56N5O5PSi/c1-26(22-34-24-33-27-28(30)31-23-32-29(27)34)38-25-40(35,36)39-20-17-19-37-18-15-13-11-9-7-5-6-8-10-12-14-16-21-41(2,3)4/h23-24,26H,5-22,25H2,1-4H3,(H,35,36)(H2,30,31,32)/t26-/m1/s1. The van der Waals surface area contributed by atoms with E-state index in [2.05, 4.69) is 34.6 Å². The van der Waals surface area contributed by atoms with Crippen LogP contribution in [-0.4, -0.2) is 64.8 Å². The molecule has 0 bridgehead atoms. The van der Waals surface area contributed by atoms with Gasteiger partial charge in [-0.2, -0.15) is 0 Å². The van der Waals surface area contributed by atoms with E-state index in [0.717, 1.165) is 13.0 Å². The molecule has 2 aromatic rings. The lowest BCUT2D eigenvalue weighted by atomic mass is 10.1. The van der Waals surface area contributed by atoms with Crippen LogP contribution in [0, 0.1) is 0 Å². The lowest BCUT2D eigenvalue weighted by molar-refractivity contribution is 0.0688. The average Bonchev–Trinajstić information content (AvgIpc) is 3.32. The van der Waals surface area contributed by atoms with Gasteiger partial charge in [0.1, 0.15) is 18.2 Å². The molecule has 0 aliphatic carbocycles. The first-order valence-electron chi connectivity index (χ1n) is 15.6. The minimum atomic E-state index is -3.84. The van der Waals surface area contributed by atoms with E-state index in [0.29, 0.717) is 36.6 Å². The number of imidazole rings is 1. The summed E-state index contributed by atoms with van der Waals surface area (Å²) >= 11 is 0. The Morgan fingerprint density at radius 2 is 1.46 bits per heavy atom. The van der Waals surface area contributed by atoms with Crippen LogP contribution in [0.5, 0.6) is 0 Å². The molecule has 3 N–H and O–H groups in total. The molecule has 0 saturated heterocycles. The van der Waals surface area contributed by atoms with Crippen LogP contribution in [0.1, 0.15) is 90.4 Å². The highest BCUT2D eigenvalue weighted by Crippen LogP contribution is 2.42. The van der Waals surface area contributed by atoms with Gasteiger partial charge in [0.25, 0.3) is 0 Å². The summed E-state index contributed by atoms with van der Waals surface area (Å²) in [6.07, 6.45) is 18.9. The van der Waals surface area contributed by atoms with Crippen LogP contribution in [0.4, 0.5) is 5.82 Å². The summed E-state index contributed by atoms with van der Waals surface area (Å²) in [4.78, 5) is 22.4. The van der Waals surface area contributed by atoms with E-state index in [4.69, 9.17) is 19.7 Å². The molecular formula is C29H56N5O5PSi. The molecular weight excluding hydrogens is 557 g/mol. The van der Waals surface area contributed by atoms with Gasteiger partial charge >= 0.3 is 7.60 Å². The first-order chi connectivity index (χ1) is 19.6. The lowest BCUT2D eigenvalue weighted by Crippen LogP contribution is -2.18. The van der Waals surface area contributed by atoms with E-state index >= 15 is 0 Å². The third-order valence-corrected chi connectivity index (χ3v) is 10.0.